The highest BCUT2D eigenvalue weighted by Gasteiger charge is 2.35. The number of nitrogens with two attached hydrogens (primary N) is 1. The molecule has 0 radical (unpaired) electrons. The molecule has 138 valence electrons. The first-order chi connectivity index (χ1) is 12.0. The van der Waals surface area contributed by atoms with E-state index in [0.29, 0.717) is 25.6 Å². The van der Waals surface area contributed by atoms with Crippen LogP contribution in [0.4, 0.5) is 4.39 Å². The van der Waals surface area contributed by atoms with Crippen LogP contribution >= 0.6 is 0 Å². The van der Waals surface area contributed by atoms with Gasteiger partial charge in [-0.15, -0.1) is 0 Å². The van der Waals surface area contributed by atoms with E-state index in [1.54, 1.807) is 12.1 Å². The molecule has 0 amide bonds. The fraction of sp³-hybridized carbons (Fsp3) is 0.632. The second-order valence-electron chi connectivity index (χ2n) is 7.10. The molecule has 5 nitrogen and oxygen atoms in total. The Bertz CT molecular complexity index is 575. The summed E-state index contributed by atoms with van der Waals surface area (Å²) in [4.78, 5) is 12.0. The molecule has 1 saturated carbocycles. The minimum Gasteiger partial charge on any atom is -0.461 e. The van der Waals surface area contributed by atoms with Crippen LogP contribution < -0.4 is 5.73 Å². The van der Waals surface area contributed by atoms with Crippen LogP contribution in [0.3, 0.4) is 0 Å². The van der Waals surface area contributed by atoms with Gasteiger partial charge in [0.25, 0.3) is 0 Å². The zero-order chi connectivity index (χ0) is 17.8. The van der Waals surface area contributed by atoms with Crippen LogP contribution in [0.2, 0.25) is 0 Å². The van der Waals surface area contributed by atoms with Crippen molar-refractivity contribution in [2.75, 3.05) is 19.8 Å². The van der Waals surface area contributed by atoms with Crippen LogP contribution in [0, 0.1) is 17.7 Å². The molecule has 0 aromatic heterocycles. The van der Waals surface area contributed by atoms with Crippen molar-refractivity contribution >= 4 is 5.97 Å². The number of carbonyl (C=O) groups excluding carboxylic acids is 1. The molecule has 2 N–H and O–H groups in total. The molecule has 1 aliphatic carbocycles. The first-order valence-corrected chi connectivity index (χ1v) is 8.93. The number of halogens is 1. The Kier molecular flexibility index (Phi) is 6.04. The SMILES string of the molecule is CC1OC(=O)C(N)COCC(OCC2CC2)C1Cc1ccc(F)cc1. The van der Waals surface area contributed by atoms with E-state index in [0.717, 1.165) is 5.56 Å². The third kappa shape index (κ3) is 5.23. The molecule has 6 heteroatoms. The maximum atomic E-state index is 13.2. The number of rotatable bonds is 5. The molecule has 2 aliphatic rings. The van der Waals surface area contributed by atoms with Gasteiger partial charge in [-0.25, -0.2) is 4.39 Å². The number of hydrogen-bond acceptors (Lipinski definition) is 5. The molecule has 1 saturated heterocycles. The summed E-state index contributed by atoms with van der Waals surface area (Å²) in [6, 6.07) is 5.60. The molecular formula is C19H26FNO4. The van der Waals surface area contributed by atoms with Crippen LogP contribution in [0.15, 0.2) is 24.3 Å². The summed E-state index contributed by atoms with van der Waals surface area (Å²) in [5, 5.41) is 0. The topological polar surface area (TPSA) is 70.8 Å². The van der Waals surface area contributed by atoms with Crippen molar-refractivity contribution in [3.63, 3.8) is 0 Å². The zero-order valence-electron chi connectivity index (χ0n) is 14.5. The standard InChI is InChI=1S/C19H26FNO4/c1-12-16(8-13-4-6-15(20)7-5-13)18(24-9-14-2-3-14)11-23-10-17(21)19(22)25-12/h4-7,12,14,16-18H,2-3,8-11,21H2,1H3. The molecule has 1 aromatic rings. The Morgan fingerprint density at radius 1 is 1.24 bits per heavy atom. The summed E-state index contributed by atoms with van der Waals surface area (Å²) >= 11 is 0. The highest BCUT2D eigenvalue weighted by molar-refractivity contribution is 5.75. The third-order valence-electron chi connectivity index (χ3n) is 4.89. The minimum absolute atomic E-state index is 0.0848. The number of ether oxygens (including phenoxy) is 3. The normalized spacial score (nSPS) is 30.9. The van der Waals surface area contributed by atoms with Gasteiger partial charge in [-0.3, -0.25) is 4.79 Å². The van der Waals surface area contributed by atoms with Crippen molar-refractivity contribution < 1.29 is 23.4 Å². The van der Waals surface area contributed by atoms with Gasteiger partial charge in [-0.1, -0.05) is 12.1 Å². The summed E-state index contributed by atoms with van der Waals surface area (Å²) in [5.41, 5.74) is 6.76. The Balaban J connectivity index is 1.76. The number of benzene rings is 1. The van der Waals surface area contributed by atoms with Crippen LogP contribution in [0.25, 0.3) is 0 Å². The van der Waals surface area contributed by atoms with Gasteiger partial charge in [-0.2, -0.15) is 0 Å². The Morgan fingerprint density at radius 2 is 1.96 bits per heavy atom. The smallest absolute Gasteiger partial charge is 0.325 e. The lowest BCUT2D eigenvalue weighted by molar-refractivity contribution is -0.154. The lowest BCUT2D eigenvalue weighted by atomic mass is 9.89. The van der Waals surface area contributed by atoms with Gasteiger partial charge in [0.05, 0.1) is 19.3 Å². The molecule has 3 rings (SSSR count). The first-order valence-electron chi connectivity index (χ1n) is 8.93. The van der Waals surface area contributed by atoms with E-state index in [-0.39, 0.29) is 30.5 Å². The molecule has 1 aromatic carbocycles. The molecular weight excluding hydrogens is 325 g/mol. The lowest BCUT2D eigenvalue weighted by Crippen LogP contribution is -2.40. The molecule has 25 heavy (non-hydrogen) atoms. The van der Waals surface area contributed by atoms with Crippen molar-refractivity contribution in [2.24, 2.45) is 17.6 Å². The predicted octanol–water partition coefficient (Wildman–Crippen LogP) is 2.07. The van der Waals surface area contributed by atoms with E-state index in [1.807, 2.05) is 6.92 Å². The van der Waals surface area contributed by atoms with Gasteiger partial charge in [0.15, 0.2) is 0 Å². The van der Waals surface area contributed by atoms with E-state index >= 15 is 0 Å². The average Bonchev–Trinajstić information content (AvgIpc) is 3.40. The van der Waals surface area contributed by atoms with Crippen molar-refractivity contribution in [1.29, 1.82) is 0 Å². The van der Waals surface area contributed by atoms with E-state index in [1.165, 1.54) is 25.0 Å². The quantitative estimate of drug-likeness (QED) is 0.823. The minimum atomic E-state index is -0.781. The van der Waals surface area contributed by atoms with E-state index in [9.17, 15) is 9.18 Å². The largest absolute Gasteiger partial charge is 0.461 e. The fourth-order valence-electron chi connectivity index (χ4n) is 3.07. The van der Waals surface area contributed by atoms with Gasteiger partial charge >= 0.3 is 5.97 Å². The number of hydrogen-bond donors (Lipinski definition) is 1. The Morgan fingerprint density at radius 3 is 2.64 bits per heavy atom. The summed E-state index contributed by atoms with van der Waals surface area (Å²) in [7, 11) is 0. The second-order valence-corrected chi connectivity index (χ2v) is 7.10. The first kappa shape index (κ1) is 18.3. The second kappa shape index (κ2) is 8.25. The number of carbonyl (C=O) groups is 1. The molecule has 1 heterocycles. The number of cyclic esters (lactones) is 1. The van der Waals surface area contributed by atoms with E-state index in [4.69, 9.17) is 19.9 Å². The Hall–Kier alpha value is -1.50. The van der Waals surface area contributed by atoms with Crippen LogP contribution in [-0.2, 0) is 25.4 Å². The van der Waals surface area contributed by atoms with E-state index < -0.39 is 12.0 Å². The van der Waals surface area contributed by atoms with Gasteiger partial charge in [0, 0.05) is 12.5 Å². The van der Waals surface area contributed by atoms with Gasteiger partial charge < -0.3 is 19.9 Å². The monoisotopic (exact) mass is 351 g/mol. The summed E-state index contributed by atoms with van der Waals surface area (Å²) in [5.74, 6) is -0.189. The zero-order valence-corrected chi connectivity index (χ0v) is 14.5. The van der Waals surface area contributed by atoms with Crippen molar-refractivity contribution in [3.8, 4) is 0 Å². The fourth-order valence-corrected chi connectivity index (χ4v) is 3.07. The van der Waals surface area contributed by atoms with Crippen molar-refractivity contribution in [1.82, 2.24) is 0 Å². The summed E-state index contributed by atoms with van der Waals surface area (Å²) < 4.78 is 30.5. The van der Waals surface area contributed by atoms with E-state index in [2.05, 4.69) is 0 Å². The average molecular weight is 351 g/mol. The molecule has 4 unspecified atom stereocenters. The van der Waals surface area contributed by atoms with Crippen molar-refractivity contribution in [2.45, 2.75) is 44.4 Å². The van der Waals surface area contributed by atoms with Crippen molar-refractivity contribution in [3.05, 3.63) is 35.6 Å². The summed E-state index contributed by atoms with van der Waals surface area (Å²) in [6.45, 7) is 3.05. The molecule has 1 aliphatic heterocycles. The Labute approximate surface area is 147 Å². The molecule has 4 atom stereocenters. The molecule has 0 spiro atoms. The highest BCUT2D eigenvalue weighted by Crippen LogP contribution is 2.31. The highest BCUT2D eigenvalue weighted by atomic mass is 19.1. The third-order valence-corrected chi connectivity index (χ3v) is 4.89. The molecule has 2 fully saturated rings. The van der Waals surface area contributed by atoms with Crippen LogP contribution in [-0.4, -0.2) is 44.0 Å². The maximum Gasteiger partial charge on any atom is 0.325 e. The predicted molar refractivity (Wildman–Crippen MR) is 90.4 cm³/mol. The van der Waals surface area contributed by atoms with Gasteiger partial charge in [0.2, 0.25) is 0 Å². The van der Waals surface area contributed by atoms with Crippen LogP contribution in [0.5, 0.6) is 0 Å². The van der Waals surface area contributed by atoms with Gasteiger partial charge in [0.1, 0.15) is 18.0 Å². The molecule has 0 bridgehead atoms. The van der Waals surface area contributed by atoms with Gasteiger partial charge in [-0.05, 0) is 49.8 Å². The summed E-state index contributed by atoms with van der Waals surface area (Å²) in [6.07, 6.45) is 2.45. The van der Waals surface area contributed by atoms with Crippen LogP contribution in [0.1, 0.15) is 25.3 Å². The number of esters is 1. The maximum absolute atomic E-state index is 13.2. The lowest BCUT2D eigenvalue weighted by Gasteiger charge is -2.31.